The van der Waals surface area contributed by atoms with Gasteiger partial charge in [0.1, 0.15) is 17.9 Å². The quantitative estimate of drug-likeness (QED) is 0.462. The van der Waals surface area contributed by atoms with Crippen LogP contribution in [0.4, 0.5) is 4.39 Å². The molecule has 0 aliphatic heterocycles. The maximum absolute atomic E-state index is 13.0. The first-order valence-electron chi connectivity index (χ1n) is 7.81. The van der Waals surface area contributed by atoms with Crippen molar-refractivity contribution in [3.05, 3.63) is 35.6 Å². The van der Waals surface area contributed by atoms with Crippen LogP contribution in [0.25, 0.3) is 0 Å². The molecule has 2 amide bonds. The summed E-state index contributed by atoms with van der Waals surface area (Å²) in [5.41, 5.74) is 0.634. The summed E-state index contributed by atoms with van der Waals surface area (Å²) in [5.74, 6) is -0.225. The molecule has 25 heavy (non-hydrogen) atoms. The number of aliphatic carboxylic acids is 1. The Labute approximate surface area is 145 Å². The van der Waals surface area contributed by atoms with Crippen LogP contribution in [-0.4, -0.2) is 35.0 Å². The predicted octanol–water partition coefficient (Wildman–Crippen LogP) is 1.25. The number of carbonyl (C=O) groups is 3. The van der Waals surface area contributed by atoms with Gasteiger partial charge in [-0.05, 0) is 30.5 Å². The molecule has 1 aromatic rings. The Morgan fingerprint density at radius 3 is 2.36 bits per heavy atom. The summed E-state index contributed by atoms with van der Waals surface area (Å²) in [6.07, 6.45) is 6.30. The molecule has 1 aromatic carbocycles. The maximum Gasteiger partial charge on any atom is 0.326 e. The van der Waals surface area contributed by atoms with E-state index in [1.807, 2.05) is 0 Å². The van der Waals surface area contributed by atoms with E-state index >= 15 is 0 Å². The topological polar surface area (TPSA) is 95.5 Å². The molecule has 134 valence electrons. The van der Waals surface area contributed by atoms with Crippen LogP contribution >= 0.6 is 0 Å². The minimum Gasteiger partial charge on any atom is -0.480 e. The van der Waals surface area contributed by atoms with Gasteiger partial charge in [-0.25, -0.2) is 9.18 Å². The van der Waals surface area contributed by atoms with Gasteiger partial charge in [0.2, 0.25) is 11.8 Å². The number of carboxylic acid groups (broad SMARTS) is 1. The summed E-state index contributed by atoms with van der Waals surface area (Å²) in [4.78, 5) is 35.0. The molecule has 0 spiro atoms. The van der Waals surface area contributed by atoms with Gasteiger partial charge >= 0.3 is 5.97 Å². The van der Waals surface area contributed by atoms with Gasteiger partial charge in [0.15, 0.2) is 0 Å². The Bertz CT molecular complexity index is 652. The molecule has 0 unspecified atom stereocenters. The molecule has 2 atom stereocenters. The summed E-state index contributed by atoms with van der Waals surface area (Å²) >= 11 is 0. The molecule has 0 saturated heterocycles. The van der Waals surface area contributed by atoms with Crippen molar-refractivity contribution in [3.63, 3.8) is 0 Å². The Morgan fingerprint density at radius 2 is 1.84 bits per heavy atom. The molecule has 0 heterocycles. The second kappa shape index (κ2) is 10.1. The number of amides is 2. The van der Waals surface area contributed by atoms with E-state index in [-0.39, 0.29) is 12.8 Å². The first-order valence-corrected chi connectivity index (χ1v) is 7.81. The standard InChI is InChI=1S/C18H21FN2O4/c1-3-4-5-6-15(18(24)25)21-17(23)16(20-12(2)22)11-13-7-9-14(19)10-8-13/h1,7-10,15-16H,4-6,11H2,2H3,(H,20,22)(H,21,23)(H,24,25)/t15-,16-/m0/s1. The molecule has 0 saturated carbocycles. The summed E-state index contributed by atoms with van der Waals surface area (Å²) in [5, 5.41) is 14.1. The second-order valence-electron chi connectivity index (χ2n) is 5.58. The highest BCUT2D eigenvalue weighted by Crippen LogP contribution is 2.08. The van der Waals surface area contributed by atoms with Crippen molar-refractivity contribution >= 4 is 17.8 Å². The molecule has 3 N–H and O–H groups in total. The monoisotopic (exact) mass is 348 g/mol. The Hall–Kier alpha value is -2.88. The van der Waals surface area contributed by atoms with Crippen molar-refractivity contribution in [2.45, 2.75) is 44.7 Å². The minimum atomic E-state index is -1.17. The van der Waals surface area contributed by atoms with Crippen LogP contribution < -0.4 is 10.6 Å². The van der Waals surface area contributed by atoms with E-state index in [1.54, 1.807) is 0 Å². The number of benzene rings is 1. The van der Waals surface area contributed by atoms with Crippen LogP contribution in [0.3, 0.4) is 0 Å². The normalized spacial score (nSPS) is 12.5. The molecule has 0 aromatic heterocycles. The first kappa shape index (κ1) is 20.2. The van der Waals surface area contributed by atoms with Crippen LogP contribution in [0.5, 0.6) is 0 Å². The second-order valence-corrected chi connectivity index (χ2v) is 5.58. The average molecular weight is 348 g/mol. The molecule has 0 radical (unpaired) electrons. The van der Waals surface area contributed by atoms with Crippen molar-refractivity contribution in [3.8, 4) is 12.3 Å². The molecule has 6 nitrogen and oxygen atoms in total. The van der Waals surface area contributed by atoms with E-state index in [0.717, 1.165) is 0 Å². The average Bonchev–Trinajstić information content (AvgIpc) is 2.54. The third kappa shape index (κ3) is 7.48. The number of hydrogen-bond donors (Lipinski definition) is 3. The number of hydrogen-bond acceptors (Lipinski definition) is 3. The highest BCUT2D eigenvalue weighted by Gasteiger charge is 2.25. The molecule has 7 heteroatoms. The predicted molar refractivity (Wildman–Crippen MR) is 90.0 cm³/mol. The molecule has 0 aliphatic rings. The van der Waals surface area contributed by atoms with E-state index in [9.17, 15) is 23.9 Å². The Kier molecular flexibility index (Phi) is 8.13. The van der Waals surface area contributed by atoms with Crippen LogP contribution in [0.1, 0.15) is 31.7 Å². The molecule has 0 bridgehead atoms. The van der Waals surface area contributed by atoms with Crippen LogP contribution in [-0.2, 0) is 20.8 Å². The first-order chi connectivity index (χ1) is 11.8. The summed E-state index contributed by atoms with van der Waals surface area (Å²) < 4.78 is 13.0. The summed E-state index contributed by atoms with van der Waals surface area (Å²) in [7, 11) is 0. The van der Waals surface area contributed by atoms with Gasteiger partial charge in [0.25, 0.3) is 0 Å². The number of terminal acetylenes is 1. The van der Waals surface area contributed by atoms with Gasteiger partial charge in [-0.2, -0.15) is 0 Å². The van der Waals surface area contributed by atoms with E-state index in [2.05, 4.69) is 16.6 Å². The van der Waals surface area contributed by atoms with Crippen molar-refractivity contribution in [2.24, 2.45) is 0 Å². The number of carboxylic acids is 1. The lowest BCUT2D eigenvalue weighted by Crippen LogP contribution is -2.52. The van der Waals surface area contributed by atoms with Crippen LogP contribution in [0.2, 0.25) is 0 Å². The zero-order valence-electron chi connectivity index (χ0n) is 13.9. The Morgan fingerprint density at radius 1 is 1.20 bits per heavy atom. The lowest BCUT2D eigenvalue weighted by molar-refractivity contribution is -0.142. The SMILES string of the molecule is C#CCCC[C@H](NC(=O)[C@H](Cc1ccc(F)cc1)NC(C)=O)C(=O)O. The molecule has 1 rings (SSSR count). The van der Waals surface area contributed by atoms with E-state index in [0.29, 0.717) is 18.4 Å². The van der Waals surface area contributed by atoms with Gasteiger partial charge in [-0.1, -0.05) is 12.1 Å². The number of unbranched alkanes of at least 4 members (excludes halogenated alkanes) is 1. The molecule has 0 fully saturated rings. The number of carbonyl (C=O) groups excluding carboxylic acids is 2. The third-order valence-electron chi connectivity index (χ3n) is 3.48. The lowest BCUT2D eigenvalue weighted by atomic mass is 10.0. The lowest BCUT2D eigenvalue weighted by Gasteiger charge is -2.21. The zero-order valence-corrected chi connectivity index (χ0v) is 13.9. The van der Waals surface area contributed by atoms with Crippen LogP contribution in [0.15, 0.2) is 24.3 Å². The maximum atomic E-state index is 13.0. The van der Waals surface area contributed by atoms with Gasteiger partial charge in [0.05, 0.1) is 0 Å². The number of halogens is 1. The third-order valence-corrected chi connectivity index (χ3v) is 3.48. The fourth-order valence-electron chi connectivity index (χ4n) is 2.25. The fourth-order valence-corrected chi connectivity index (χ4v) is 2.25. The zero-order chi connectivity index (χ0) is 18.8. The Balaban J connectivity index is 2.80. The largest absolute Gasteiger partial charge is 0.480 e. The van der Waals surface area contributed by atoms with Gasteiger partial charge < -0.3 is 15.7 Å². The van der Waals surface area contributed by atoms with Crippen LogP contribution in [0, 0.1) is 18.2 Å². The minimum absolute atomic E-state index is 0.113. The summed E-state index contributed by atoms with van der Waals surface area (Å²) in [6, 6.07) is 3.44. The molecular formula is C18H21FN2O4. The van der Waals surface area contributed by atoms with E-state index in [1.165, 1.54) is 31.2 Å². The number of nitrogens with one attached hydrogen (secondary N) is 2. The molecule has 0 aliphatic carbocycles. The highest BCUT2D eigenvalue weighted by atomic mass is 19.1. The fraction of sp³-hybridized carbons (Fsp3) is 0.389. The van der Waals surface area contributed by atoms with Crippen molar-refractivity contribution in [1.29, 1.82) is 0 Å². The van der Waals surface area contributed by atoms with Crippen molar-refractivity contribution < 1.29 is 23.9 Å². The smallest absolute Gasteiger partial charge is 0.326 e. The van der Waals surface area contributed by atoms with E-state index in [4.69, 9.17) is 6.42 Å². The van der Waals surface area contributed by atoms with Gasteiger partial charge in [-0.3, -0.25) is 9.59 Å². The van der Waals surface area contributed by atoms with Crippen molar-refractivity contribution in [2.75, 3.05) is 0 Å². The van der Waals surface area contributed by atoms with Gasteiger partial charge in [-0.15, -0.1) is 12.3 Å². The highest BCUT2D eigenvalue weighted by molar-refractivity contribution is 5.90. The van der Waals surface area contributed by atoms with Gasteiger partial charge in [0, 0.05) is 19.8 Å². The summed E-state index contributed by atoms with van der Waals surface area (Å²) in [6.45, 7) is 1.26. The molecular weight excluding hydrogens is 327 g/mol. The number of rotatable bonds is 9. The van der Waals surface area contributed by atoms with Crippen molar-refractivity contribution in [1.82, 2.24) is 10.6 Å². The van der Waals surface area contributed by atoms with E-state index < -0.39 is 35.7 Å².